The van der Waals surface area contributed by atoms with Crippen LogP contribution in [0.4, 0.5) is 4.79 Å². The van der Waals surface area contributed by atoms with Crippen LogP contribution in [-0.4, -0.2) is 60.3 Å². The molecular weight excluding hydrogens is 364 g/mol. The first-order valence-electron chi connectivity index (χ1n) is 7.31. The Morgan fingerprint density at radius 3 is 2.54 bits per heavy atom. The summed E-state index contributed by atoms with van der Waals surface area (Å²) in [5, 5.41) is 10.0. The molecule has 9 nitrogen and oxygen atoms in total. The Labute approximate surface area is 152 Å². The van der Waals surface area contributed by atoms with Crippen LogP contribution in [0.3, 0.4) is 0 Å². The van der Waals surface area contributed by atoms with Crippen molar-refractivity contribution in [2.45, 2.75) is 0 Å². The number of hydrogen-bond donors (Lipinski definition) is 2. The molecule has 10 heteroatoms. The fraction of sp³-hybridized carbons (Fsp3) is 0.250. The summed E-state index contributed by atoms with van der Waals surface area (Å²) in [6.45, 7) is -1.13. The maximum atomic E-state index is 12.3. The molecule has 0 aromatic heterocycles. The predicted octanol–water partition coefficient (Wildman–Crippen LogP) is 0.941. The lowest BCUT2D eigenvalue weighted by atomic mass is 10.2. The standard InChI is InChI=1S/C16H16N2O7S/c1-24-10-4-3-9(5-11(10)25-2)6-12-15(22)18(16(23)26-12)8-13(19)17-7-14(20)21/h3-6H,7-8H2,1-2H3,(H,17,19)(H,20,21)/b12-6-. The van der Waals surface area contributed by atoms with E-state index in [1.54, 1.807) is 18.2 Å². The minimum atomic E-state index is -1.22. The van der Waals surface area contributed by atoms with Crippen molar-refractivity contribution in [1.82, 2.24) is 10.2 Å². The van der Waals surface area contributed by atoms with Gasteiger partial charge in [0.1, 0.15) is 13.1 Å². The number of carbonyl (C=O) groups excluding carboxylic acids is 3. The maximum absolute atomic E-state index is 12.3. The molecule has 0 unspecified atom stereocenters. The van der Waals surface area contributed by atoms with Crippen LogP contribution >= 0.6 is 11.8 Å². The lowest BCUT2D eigenvalue weighted by Gasteiger charge is -2.11. The highest BCUT2D eigenvalue weighted by Crippen LogP contribution is 2.34. The van der Waals surface area contributed by atoms with Gasteiger partial charge in [0, 0.05) is 0 Å². The minimum absolute atomic E-state index is 0.147. The van der Waals surface area contributed by atoms with E-state index in [0.717, 1.165) is 4.90 Å². The number of methoxy groups -OCH3 is 2. The van der Waals surface area contributed by atoms with E-state index in [1.165, 1.54) is 20.3 Å². The topological polar surface area (TPSA) is 122 Å². The summed E-state index contributed by atoms with van der Waals surface area (Å²) in [5.41, 5.74) is 0.614. The number of carbonyl (C=O) groups is 4. The zero-order valence-electron chi connectivity index (χ0n) is 14.0. The van der Waals surface area contributed by atoms with Crippen molar-refractivity contribution in [1.29, 1.82) is 0 Å². The second-order valence-corrected chi connectivity index (χ2v) is 6.05. The molecular formula is C16H16N2O7S. The second-order valence-electron chi connectivity index (χ2n) is 5.05. The molecule has 2 rings (SSSR count). The summed E-state index contributed by atoms with van der Waals surface area (Å²) in [6, 6.07) is 5.00. The molecule has 1 fully saturated rings. The lowest BCUT2D eigenvalue weighted by Crippen LogP contribution is -2.41. The molecule has 1 aromatic carbocycles. The number of amides is 3. The van der Waals surface area contributed by atoms with E-state index >= 15 is 0 Å². The fourth-order valence-electron chi connectivity index (χ4n) is 2.10. The molecule has 26 heavy (non-hydrogen) atoms. The number of ether oxygens (including phenoxy) is 2. The Morgan fingerprint density at radius 2 is 1.92 bits per heavy atom. The molecule has 0 atom stereocenters. The summed E-state index contributed by atoms with van der Waals surface area (Å²) in [7, 11) is 2.98. The molecule has 0 aliphatic carbocycles. The third-order valence-corrected chi connectivity index (χ3v) is 4.22. The van der Waals surface area contributed by atoms with Gasteiger partial charge in [-0.05, 0) is 35.5 Å². The van der Waals surface area contributed by atoms with Crippen LogP contribution in [0, 0.1) is 0 Å². The van der Waals surface area contributed by atoms with E-state index in [4.69, 9.17) is 14.6 Å². The van der Waals surface area contributed by atoms with Crippen LogP contribution in [0.5, 0.6) is 11.5 Å². The van der Waals surface area contributed by atoms with Gasteiger partial charge in [0.25, 0.3) is 11.1 Å². The molecule has 138 valence electrons. The fourth-order valence-corrected chi connectivity index (χ4v) is 2.94. The van der Waals surface area contributed by atoms with Gasteiger partial charge in [0.15, 0.2) is 11.5 Å². The SMILES string of the molecule is COc1ccc(/C=C2\SC(=O)N(CC(=O)NCC(=O)O)C2=O)cc1OC. The third kappa shape index (κ3) is 4.54. The average Bonchev–Trinajstić information content (AvgIpc) is 2.87. The summed E-state index contributed by atoms with van der Waals surface area (Å²) in [5.74, 6) is -1.59. The van der Waals surface area contributed by atoms with Crippen molar-refractivity contribution in [3.05, 3.63) is 28.7 Å². The van der Waals surface area contributed by atoms with Crippen molar-refractivity contribution in [3.8, 4) is 11.5 Å². The summed E-state index contributed by atoms with van der Waals surface area (Å²) < 4.78 is 10.3. The van der Waals surface area contributed by atoms with Crippen molar-refractivity contribution in [2.75, 3.05) is 27.3 Å². The highest BCUT2D eigenvalue weighted by atomic mass is 32.2. The van der Waals surface area contributed by atoms with Gasteiger partial charge < -0.3 is 19.9 Å². The van der Waals surface area contributed by atoms with E-state index in [1.807, 2.05) is 0 Å². The number of hydrogen-bond acceptors (Lipinski definition) is 7. The summed E-state index contributed by atoms with van der Waals surface area (Å²) in [6.07, 6.45) is 1.50. The number of imide groups is 1. The van der Waals surface area contributed by atoms with Gasteiger partial charge >= 0.3 is 5.97 Å². The van der Waals surface area contributed by atoms with Gasteiger partial charge in [0.2, 0.25) is 5.91 Å². The Morgan fingerprint density at radius 1 is 1.23 bits per heavy atom. The maximum Gasteiger partial charge on any atom is 0.322 e. The molecule has 0 saturated carbocycles. The number of nitrogens with zero attached hydrogens (tertiary/aromatic N) is 1. The Bertz CT molecular complexity index is 791. The molecule has 1 saturated heterocycles. The van der Waals surface area contributed by atoms with Crippen LogP contribution < -0.4 is 14.8 Å². The highest BCUT2D eigenvalue weighted by molar-refractivity contribution is 8.18. The van der Waals surface area contributed by atoms with Crippen LogP contribution in [-0.2, 0) is 14.4 Å². The van der Waals surface area contributed by atoms with E-state index in [2.05, 4.69) is 5.32 Å². The first-order valence-corrected chi connectivity index (χ1v) is 8.13. The first kappa shape index (κ1) is 19.3. The monoisotopic (exact) mass is 380 g/mol. The van der Waals surface area contributed by atoms with E-state index in [-0.39, 0.29) is 4.91 Å². The normalized spacial score (nSPS) is 15.3. The Hall–Kier alpha value is -3.01. The lowest BCUT2D eigenvalue weighted by molar-refractivity contribution is -0.138. The quantitative estimate of drug-likeness (QED) is 0.670. The zero-order chi connectivity index (χ0) is 19.3. The Kier molecular flexibility index (Phi) is 6.23. The number of rotatable bonds is 7. The number of nitrogens with one attached hydrogen (secondary N) is 1. The van der Waals surface area contributed by atoms with Gasteiger partial charge in [-0.15, -0.1) is 0 Å². The van der Waals surface area contributed by atoms with Crippen LogP contribution in [0.15, 0.2) is 23.1 Å². The second kappa shape index (κ2) is 8.39. The number of benzene rings is 1. The molecule has 0 bridgehead atoms. The molecule has 1 aromatic rings. The smallest absolute Gasteiger partial charge is 0.322 e. The molecule has 0 spiro atoms. The predicted molar refractivity (Wildman–Crippen MR) is 92.9 cm³/mol. The molecule has 1 heterocycles. The van der Waals surface area contributed by atoms with Crippen molar-refractivity contribution in [3.63, 3.8) is 0 Å². The summed E-state index contributed by atoms with van der Waals surface area (Å²) in [4.78, 5) is 47.3. The van der Waals surface area contributed by atoms with Crippen molar-refractivity contribution < 1.29 is 33.8 Å². The highest BCUT2D eigenvalue weighted by Gasteiger charge is 2.36. The van der Waals surface area contributed by atoms with Gasteiger partial charge in [-0.25, -0.2) is 0 Å². The Balaban J connectivity index is 2.13. The van der Waals surface area contributed by atoms with Crippen LogP contribution in [0.2, 0.25) is 0 Å². The minimum Gasteiger partial charge on any atom is -0.493 e. The van der Waals surface area contributed by atoms with Crippen LogP contribution in [0.25, 0.3) is 6.08 Å². The average molecular weight is 380 g/mol. The van der Waals surface area contributed by atoms with Gasteiger partial charge in [0.05, 0.1) is 19.1 Å². The number of carboxylic acids is 1. The summed E-state index contributed by atoms with van der Waals surface area (Å²) >= 11 is 0.697. The number of thioether (sulfide) groups is 1. The van der Waals surface area contributed by atoms with E-state index in [0.29, 0.717) is 28.8 Å². The van der Waals surface area contributed by atoms with Gasteiger partial charge in [-0.1, -0.05) is 6.07 Å². The van der Waals surface area contributed by atoms with E-state index in [9.17, 15) is 19.2 Å². The largest absolute Gasteiger partial charge is 0.493 e. The number of carboxylic acid groups (broad SMARTS) is 1. The molecule has 0 radical (unpaired) electrons. The van der Waals surface area contributed by atoms with E-state index < -0.39 is 36.1 Å². The van der Waals surface area contributed by atoms with Crippen molar-refractivity contribution in [2.24, 2.45) is 0 Å². The van der Waals surface area contributed by atoms with Gasteiger partial charge in [-0.3, -0.25) is 24.1 Å². The molecule has 1 aliphatic rings. The van der Waals surface area contributed by atoms with Gasteiger partial charge in [-0.2, -0.15) is 0 Å². The first-order chi connectivity index (χ1) is 12.3. The molecule has 1 aliphatic heterocycles. The van der Waals surface area contributed by atoms with Crippen molar-refractivity contribution >= 4 is 40.9 Å². The number of aliphatic carboxylic acids is 1. The third-order valence-electron chi connectivity index (χ3n) is 3.32. The molecule has 3 amide bonds. The van der Waals surface area contributed by atoms with Crippen LogP contribution in [0.1, 0.15) is 5.56 Å². The zero-order valence-corrected chi connectivity index (χ0v) is 14.8. The molecule has 2 N–H and O–H groups in total.